The monoisotopic (exact) mass is 301 g/mol. The van der Waals surface area contributed by atoms with Gasteiger partial charge in [0.15, 0.2) is 6.61 Å². The van der Waals surface area contributed by atoms with Crippen LogP contribution < -0.4 is 10.1 Å². The highest BCUT2D eigenvalue weighted by atomic mass is 32.1. The predicted molar refractivity (Wildman–Crippen MR) is 85.7 cm³/mol. The molecule has 0 amide bonds. The van der Waals surface area contributed by atoms with E-state index in [0.29, 0.717) is 5.75 Å². The van der Waals surface area contributed by atoms with Gasteiger partial charge in [0.1, 0.15) is 11.8 Å². The summed E-state index contributed by atoms with van der Waals surface area (Å²) in [7, 11) is 0. The molecule has 4 nitrogen and oxygen atoms in total. The van der Waals surface area contributed by atoms with Crippen LogP contribution in [0.5, 0.6) is 5.75 Å². The smallest absolute Gasteiger partial charge is 0.174 e. The first kappa shape index (κ1) is 15.3. The number of hydrogen-bond donors (Lipinski definition) is 1. The van der Waals surface area contributed by atoms with Gasteiger partial charge in [0, 0.05) is 28.2 Å². The fraction of sp³-hybridized carbons (Fsp3) is 0.375. The van der Waals surface area contributed by atoms with Crippen molar-refractivity contribution in [3.63, 3.8) is 0 Å². The molecule has 0 unspecified atom stereocenters. The quantitative estimate of drug-likeness (QED) is 0.908. The van der Waals surface area contributed by atoms with Crippen molar-refractivity contribution in [1.82, 2.24) is 4.98 Å². The number of aromatic nitrogens is 1. The molecule has 0 radical (unpaired) electrons. The Morgan fingerprint density at radius 2 is 2.19 bits per heavy atom. The van der Waals surface area contributed by atoms with Crippen molar-refractivity contribution in [2.24, 2.45) is 0 Å². The molecule has 0 fully saturated rings. The molecule has 0 atom stereocenters. The second kappa shape index (κ2) is 6.59. The molecule has 110 valence electrons. The summed E-state index contributed by atoms with van der Waals surface area (Å²) < 4.78 is 5.29. The molecule has 1 heterocycles. The second-order valence-corrected chi connectivity index (χ2v) is 6.83. The SMILES string of the molecule is CC(C)(C)c1ncc(CNc2cccc(OCC#N)c2)s1. The van der Waals surface area contributed by atoms with Gasteiger partial charge in [0.2, 0.25) is 0 Å². The molecular formula is C16H19N3OS. The highest BCUT2D eigenvalue weighted by Crippen LogP contribution is 2.27. The summed E-state index contributed by atoms with van der Waals surface area (Å²) in [6.45, 7) is 7.29. The zero-order valence-electron chi connectivity index (χ0n) is 12.5. The van der Waals surface area contributed by atoms with Gasteiger partial charge in [-0.1, -0.05) is 26.8 Å². The number of thiazole rings is 1. The third-order valence-corrected chi connectivity index (χ3v) is 4.22. The lowest BCUT2D eigenvalue weighted by atomic mass is 9.98. The fourth-order valence-corrected chi connectivity index (χ4v) is 2.65. The van der Waals surface area contributed by atoms with Crippen LogP contribution in [-0.4, -0.2) is 11.6 Å². The number of nitrogens with zero attached hydrogens (tertiary/aromatic N) is 2. The van der Waals surface area contributed by atoms with Gasteiger partial charge in [0.25, 0.3) is 0 Å². The lowest BCUT2D eigenvalue weighted by Crippen LogP contribution is -2.09. The van der Waals surface area contributed by atoms with Crippen LogP contribution in [0.3, 0.4) is 0 Å². The van der Waals surface area contributed by atoms with Crippen molar-refractivity contribution in [3.8, 4) is 11.8 Å². The Morgan fingerprint density at radius 3 is 2.86 bits per heavy atom. The summed E-state index contributed by atoms with van der Waals surface area (Å²) >= 11 is 1.73. The van der Waals surface area contributed by atoms with Crippen LogP contribution in [0, 0.1) is 11.3 Å². The van der Waals surface area contributed by atoms with E-state index < -0.39 is 0 Å². The molecule has 1 N–H and O–H groups in total. The van der Waals surface area contributed by atoms with E-state index in [2.05, 4.69) is 31.1 Å². The Balaban J connectivity index is 1.97. The van der Waals surface area contributed by atoms with E-state index in [1.165, 1.54) is 4.88 Å². The zero-order valence-corrected chi connectivity index (χ0v) is 13.3. The van der Waals surface area contributed by atoms with Gasteiger partial charge >= 0.3 is 0 Å². The van der Waals surface area contributed by atoms with Crippen molar-refractivity contribution < 1.29 is 4.74 Å². The molecule has 0 aliphatic carbocycles. The standard InChI is InChI=1S/C16H19N3OS/c1-16(2,3)15-19-11-14(21-15)10-18-12-5-4-6-13(9-12)20-8-7-17/h4-6,9,11,18H,8,10H2,1-3H3. The average Bonchev–Trinajstić information content (AvgIpc) is 2.92. The molecule has 0 aliphatic heterocycles. The molecule has 1 aromatic carbocycles. The molecule has 0 aliphatic rings. The number of ether oxygens (including phenoxy) is 1. The maximum Gasteiger partial charge on any atom is 0.174 e. The summed E-state index contributed by atoms with van der Waals surface area (Å²) in [4.78, 5) is 5.67. The molecule has 21 heavy (non-hydrogen) atoms. The van der Waals surface area contributed by atoms with Crippen LogP contribution in [0.1, 0.15) is 30.7 Å². The molecule has 1 aromatic heterocycles. The van der Waals surface area contributed by atoms with Gasteiger partial charge in [-0.05, 0) is 12.1 Å². The fourth-order valence-electron chi connectivity index (χ4n) is 1.74. The van der Waals surface area contributed by atoms with E-state index in [1.807, 2.05) is 36.5 Å². The maximum absolute atomic E-state index is 8.52. The minimum absolute atomic E-state index is 0.0627. The van der Waals surface area contributed by atoms with Crippen LogP contribution in [-0.2, 0) is 12.0 Å². The number of hydrogen-bond acceptors (Lipinski definition) is 5. The van der Waals surface area contributed by atoms with Crippen LogP contribution in [0.4, 0.5) is 5.69 Å². The highest BCUT2D eigenvalue weighted by molar-refractivity contribution is 7.11. The normalized spacial score (nSPS) is 11.0. The Kier molecular flexibility index (Phi) is 4.81. The van der Waals surface area contributed by atoms with Gasteiger partial charge in [-0.3, -0.25) is 0 Å². The molecule has 2 aromatic rings. The zero-order chi connectivity index (χ0) is 15.3. The lowest BCUT2D eigenvalue weighted by molar-refractivity contribution is 0.368. The van der Waals surface area contributed by atoms with E-state index in [9.17, 15) is 0 Å². The van der Waals surface area contributed by atoms with Crippen LogP contribution in [0.25, 0.3) is 0 Å². The number of anilines is 1. The first-order chi connectivity index (χ1) is 9.99. The van der Waals surface area contributed by atoms with Gasteiger partial charge in [0.05, 0.1) is 11.6 Å². The molecule has 0 saturated carbocycles. The van der Waals surface area contributed by atoms with Crippen molar-refractivity contribution in [3.05, 3.63) is 40.3 Å². The van der Waals surface area contributed by atoms with Crippen LogP contribution in [0.2, 0.25) is 0 Å². The Morgan fingerprint density at radius 1 is 1.38 bits per heavy atom. The van der Waals surface area contributed by atoms with E-state index in [1.54, 1.807) is 11.3 Å². The first-order valence-electron chi connectivity index (χ1n) is 6.78. The van der Waals surface area contributed by atoms with E-state index >= 15 is 0 Å². The molecule has 0 bridgehead atoms. The molecule has 5 heteroatoms. The minimum atomic E-state index is 0.0627. The minimum Gasteiger partial charge on any atom is -0.479 e. The largest absolute Gasteiger partial charge is 0.479 e. The summed E-state index contributed by atoms with van der Waals surface area (Å²) in [5, 5.41) is 13.0. The number of nitrogens with one attached hydrogen (secondary N) is 1. The Labute approximate surface area is 129 Å². The van der Waals surface area contributed by atoms with Crippen molar-refractivity contribution in [2.75, 3.05) is 11.9 Å². The van der Waals surface area contributed by atoms with Gasteiger partial charge in [-0.15, -0.1) is 11.3 Å². The predicted octanol–water partition coefficient (Wildman–Crippen LogP) is 3.96. The van der Waals surface area contributed by atoms with E-state index in [4.69, 9.17) is 10.00 Å². The topological polar surface area (TPSA) is 57.9 Å². The second-order valence-electron chi connectivity index (χ2n) is 5.71. The number of benzene rings is 1. The van der Waals surface area contributed by atoms with Gasteiger partial charge < -0.3 is 10.1 Å². The number of nitriles is 1. The van der Waals surface area contributed by atoms with Crippen molar-refractivity contribution >= 4 is 17.0 Å². The molecular weight excluding hydrogens is 282 g/mol. The molecule has 0 saturated heterocycles. The summed E-state index contributed by atoms with van der Waals surface area (Å²) in [5.74, 6) is 0.696. The highest BCUT2D eigenvalue weighted by Gasteiger charge is 2.17. The van der Waals surface area contributed by atoms with E-state index in [-0.39, 0.29) is 12.0 Å². The van der Waals surface area contributed by atoms with Crippen molar-refractivity contribution in [1.29, 1.82) is 5.26 Å². The third kappa shape index (κ3) is 4.47. The van der Waals surface area contributed by atoms with Crippen LogP contribution in [0.15, 0.2) is 30.5 Å². The van der Waals surface area contributed by atoms with Gasteiger partial charge in [-0.25, -0.2) is 4.98 Å². The first-order valence-corrected chi connectivity index (χ1v) is 7.59. The van der Waals surface area contributed by atoms with E-state index in [0.717, 1.165) is 17.2 Å². The van der Waals surface area contributed by atoms with Gasteiger partial charge in [-0.2, -0.15) is 5.26 Å². The summed E-state index contributed by atoms with van der Waals surface area (Å²) in [6.07, 6.45) is 1.92. The number of rotatable bonds is 5. The maximum atomic E-state index is 8.52. The van der Waals surface area contributed by atoms with Crippen molar-refractivity contribution in [2.45, 2.75) is 32.7 Å². The van der Waals surface area contributed by atoms with Crippen LogP contribution >= 0.6 is 11.3 Å². The molecule has 0 spiro atoms. The summed E-state index contributed by atoms with van der Waals surface area (Å²) in [6, 6.07) is 9.58. The lowest BCUT2D eigenvalue weighted by Gasteiger charge is -2.13. The summed E-state index contributed by atoms with van der Waals surface area (Å²) in [5.41, 5.74) is 1.06. The average molecular weight is 301 g/mol. The third-order valence-electron chi connectivity index (χ3n) is 2.80. The molecule has 2 rings (SSSR count). The Hall–Kier alpha value is -2.06. The Bertz CT molecular complexity index is 637.